The summed E-state index contributed by atoms with van der Waals surface area (Å²) in [5.41, 5.74) is 1.02. The molecule has 28 heavy (non-hydrogen) atoms. The van der Waals surface area contributed by atoms with Crippen molar-refractivity contribution < 1.29 is 19.1 Å². The highest BCUT2D eigenvalue weighted by Gasteiger charge is 2.25. The summed E-state index contributed by atoms with van der Waals surface area (Å²) in [6.45, 7) is 1.76. The summed E-state index contributed by atoms with van der Waals surface area (Å²) in [5, 5.41) is 4.53. The Morgan fingerprint density at radius 2 is 1.61 bits per heavy atom. The predicted octanol–water partition coefficient (Wildman–Crippen LogP) is 4.55. The number of ketones is 1. The first-order chi connectivity index (χ1) is 13.6. The van der Waals surface area contributed by atoms with Gasteiger partial charge in [-0.1, -0.05) is 49.4 Å². The third-order valence-corrected chi connectivity index (χ3v) is 4.96. The molecule has 142 valence electrons. The maximum Gasteiger partial charge on any atom is 0.339 e. The summed E-state index contributed by atoms with van der Waals surface area (Å²) in [6.07, 6.45) is -0.650. The Hall–Kier alpha value is -3.25. The summed E-state index contributed by atoms with van der Waals surface area (Å²) in [7, 11) is 0. The molecule has 0 aliphatic rings. The van der Waals surface area contributed by atoms with Crippen LogP contribution in [0.3, 0.4) is 0 Å². The maximum atomic E-state index is 12.7. The van der Waals surface area contributed by atoms with Crippen LogP contribution in [0, 0.1) is 0 Å². The van der Waals surface area contributed by atoms with Crippen LogP contribution in [0.25, 0.3) is 0 Å². The highest BCUT2D eigenvalue weighted by Crippen LogP contribution is 2.20. The average molecular weight is 393 g/mol. The van der Waals surface area contributed by atoms with E-state index in [4.69, 9.17) is 4.74 Å². The lowest BCUT2D eigenvalue weighted by atomic mass is 10.0. The smallest absolute Gasteiger partial charge is 0.339 e. The SMILES string of the molecule is CCC(OC(=O)c1ccccc1C(=O)c1cccs1)C(=O)Nc1ccccc1. The molecule has 0 bridgehead atoms. The highest BCUT2D eigenvalue weighted by molar-refractivity contribution is 7.12. The second-order valence-electron chi connectivity index (χ2n) is 6.01. The van der Waals surface area contributed by atoms with Gasteiger partial charge in [-0.2, -0.15) is 0 Å². The number of carbonyl (C=O) groups excluding carboxylic acids is 3. The van der Waals surface area contributed by atoms with Crippen molar-refractivity contribution in [2.75, 3.05) is 5.32 Å². The first-order valence-electron chi connectivity index (χ1n) is 8.84. The van der Waals surface area contributed by atoms with Crippen molar-refractivity contribution in [2.24, 2.45) is 0 Å². The Bertz CT molecular complexity index is 967. The van der Waals surface area contributed by atoms with Crippen molar-refractivity contribution in [3.05, 3.63) is 88.1 Å². The molecule has 0 radical (unpaired) electrons. The van der Waals surface area contributed by atoms with Gasteiger partial charge in [-0.3, -0.25) is 9.59 Å². The van der Waals surface area contributed by atoms with Gasteiger partial charge in [-0.15, -0.1) is 11.3 Å². The molecule has 3 aromatic rings. The van der Waals surface area contributed by atoms with Crippen molar-refractivity contribution in [2.45, 2.75) is 19.4 Å². The van der Waals surface area contributed by atoms with Crippen molar-refractivity contribution in [3.63, 3.8) is 0 Å². The van der Waals surface area contributed by atoms with Gasteiger partial charge in [-0.05, 0) is 36.1 Å². The van der Waals surface area contributed by atoms with Crippen LogP contribution >= 0.6 is 11.3 Å². The molecule has 1 amide bonds. The monoisotopic (exact) mass is 393 g/mol. The number of amides is 1. The summed E-state index contributed by atoms with van der Waals surface area (Å²) in [5.74, 6) is -1.36. The standard InChI is InChI=1S/C22H19NO4S/c1-2-18(21(25)23-15-9-4-3-5-10-15)27-22(26)17-12-7-6-11-16(17)20(24)19-13-8-14-28-19/h3-14,18H,2H2,1H3,(H,23,25). The molecule has 1 atom stereocenters. The van der Waals surface area contributed by atoms with Crippen molar-refractivity contribution >= 4 is 34.7 Å². The second kappa shape index (κ2) is 9.10. The van der Waals surface area contributed by atoms with Gasteiger partial charge in [0.05, 0.1) is 10.4 Å². The Balaban J connectivity index is 1.76. The Morgan fingerprint density at radius 1 is 0.929 bits per heavy atom. The minimum absolute atomic E-state index is 0.145. The van der Waals surface area contributed by atoms with Crippen LogP contribution in [0.5, 0.6) is 0 Å². The van der Waals surface area contributed by atoms with Crippen LogP contribution in [0.1, 0.15) is 38.9 Å². The molecule has 0 aliphatic heterocycles. The van der Waals surface area contributed by atoms with Gasteiger partial charge >= 0.3 is 5.97 Å². The molecule has 0 saturated carbocycles. The zero-order valence-corrected chi connectivity index (χ0v) is 16.1. The number of rotatable bonds is 7. The van der Waals surface area contributed by atoms with E-state index < -0.39 is 18.0 Å². The van der Waals surface area contributed by atoms with Gasteiger partial charge in [0, 0.05) is 11.3 Å². The molecule has 2 aromatic carbocycles. The molecule has 0 aliphatic carbocycles. The molecule has 0 spiro atoms. The minimum Gasteiger partial charge on any atom is -0.449 e. The fourth-order valence-electron chi connectivity index (χ4n) is 2.66. The largest absolute Gasteiger partial charge is 0.449 e. The Kier molecular flexibility index (Phi) is 6.34. The number of benzene rings is 2. The van der Waals surface area contributed by atoms with Crippen molar-refractivity contribution in [3.8, 4) is 0 Å². The van der Waals surface area contributed by atoms with E-state index in [0.29, 0.717) is 17.0 Å². The lowest BCUT2D eigenvalue weighted by Gasteiger charge is -2.17. The number of thiophene rings is 1. The van der Waals surface area contributed by atoms with E-state index in [-0.39, 0.29) is 16.9 Å². The number of hydrogen-bond donors (Lipinski definition) is 1. The number of para-hydroxylation sites is 1. The van der Waals surface area contributed by atoms with Crippen LogP contribution in [0.15, 0.2) is 72.1 Å². The minimum atomic E-state index is -0.961. The molecular weight excluding hydrogens is 374 g/mol. The number of carbonyl (C=O) groups is 3. The van der Waals surface area contributed by atoms with Gasteiger partial charge < -0.3 is 10.1 Å². The number of ether oxygens (including phenoxy) is 1. The molecule has 6 heteroatoms. The normalized spacial score (nSPS) is 11.5. The van der Waals surface area contributed by atoms with E-state index in [0.717, 1.165) is 0 Å². The van der Waals surface area contributed by atoms with Crippen LogP contribution in [-0.4, -0.2) is 23.8 Å². The molecule has 1 N–H and O–H groups in total. The van der Waals surface area contributed by atoms with E-state index in [2.05, 4.69) is 5.32 Å². The topological polar surface area (TPSA) is 72.5 Å². The van der Waals surface area contributed by atoms with E-state index in [9.17, 15) is 14.4 Å². The second-order valence-corrected chi connectivity index (χ2v) is 6.96. The molecule has 0 fully saturated rings. The molecule has 1 unspecified atom stereocenters. The zero-order valence-electron chi connectivity index (χ0n) is 15.3. The average Bonchev–Trinajstić information content (AvgIpc) is 3.27. The van der Waals surface area contributed by atoms with Crippen LogP contribution in [0.4, 0.5) is 5.69 Å². The summed E-state index contributed by atoms with van der Waals surface area (Å²) in [6, 6.07) is 18.9. The fourth-order valence-corrected chi connectivity index (χ4v) is 3.34. The number of esters is 1. The first-order valence-corrected chi connectivity index (χ1v) is 9.72. The van der Waals surface area contributed by atoms with Gasteiger partial charge in [0.25, 0.3) is 5.91 Å². The van der Waals surface area contributed by atoms with Crippen molar-refractivity contribution in [1.29, 1.82) is 0 Å². The van der Waals surface area contributed by atoms with Gasteiger partial charge in [0.1, 0.15) is 0 Å². The van der Waals surface area contributed by atoms with Gasteiger partial charge in [-0.25, -0.2) is 4.79 Å². The molecular formula is C22H19NO4S. The van der Waals surface area contributed by atoms with Crippen LogP contribution < -0.4 is 5.32 Å². The van der Waals surface area contributed by atoms with Crippen molar-refractivity contribution in [1.82, 2.24) is 0 Å². The summed E-state index contributed by atoms with van der Waals surface area (Å²) >= 11 is 1.31. The molecule has 0 saturated heterocycles. The first kappa shape index (κ1) is 19.5. The van der Waals surface area contributed by atoms with Gasteiger partial charge in [0.15, 0.2) is 6.10 Å². The predicted molar refractivity (Wildman–Crippen MR) is 109 cm³/mol. The number of anilines is 1. The number of nitrogens with one attached hydrogen (secondary N) is 1. The van der Waals surface area contributed by atoms with E-state index in [1.165, 1.54) is 17.4 Å². The Morgan fingerprint density at radius 3 is 2.25 bits per heavy atom. The quantitative estimate of drug-likeness (QED) is 0.472. The molecule has 1 heterocycles. The van der Waals surface area contributed by atoms with E-state index in [1.54, 1.807) is 66.9 Å². The molecule has 3 rings (SSSR count). The summed E-state index contributed by atoms with van der Waals surface area (Å²) < 4.78 is 5.43. The maximum absolute atomic E-state index is 12.7. The third-order valence-electron chi connectivity index (χ3n) is 4.09. The Labute approximate surface area is 167 Å². The highest BCUT2D eigenvalue weighted by atomic mass is 32.1. The fraction of sp³-hybridized carbons (Fsp3) is 0.136. The summed E-state index contributed by atoms with van der Waals surface area (Å²) in [4.78, 5) is 38.4. The third kappa shape index (κ3) is 4.53. The number of hydrogen-bond acceptors (Lipinski definition) is 5. The zero-order chi connectivity index (χ0) is 19.9. The lowest BCUT2D eigenvalue weighted by molar-refractivity contribution is -0.124. The van der Waals surface area contributed by atoms with E-state index >= 15 is 0 Å². The van der Waals surface area contributed by atoms with Crippen LogP contribution in [0.2, 0.25) is 0 Å². The van der Waals surface area contributed by atoms with E-state index in [1.807, 2.05) is 6.07 Å². The lowest BCUT2D eigenvalue weighted by Crippen LogP contribution is -2.32. The molecule has 1 aromatic heterocycles. The van der Waals surface area contributed by atoms with Gasteiger partial charge in [0.2, 0.25) is 5.78 Å². The van der Waals surface area contributed by atoms with Crippen LogP contribution in [-0.2, 0) is 9.53 Å². The molecule has 5 nitrogen and oxygen atoms in total.